The van der Waals surface area contributed by atoms with Gasteiger partial charge in [0.1, 0.15) is 5.60 Å². The molecule has 0 unspecified atom stereocenters. The van der Waals surface area contributed by atoms with Crippen molar-refractivity contribution >= 4 is 12.0 Å². The monoisotopic (exact) mass is 606 g/mol. The number of rotatable bonds is 6. The summed E-state index contributed by atoms with van der Waals surface area (Å²) in [6, 6.07) is 5.92. The van der Waals surface area contributed by atoms with Crippen LogP contribution in [0.5, 0.6) is 0 Å². The lowest BCUT2D eigenvalue weighted by molar-refractivity contribution is -0.139. The van der Waals surface area contributed by atoms with E-state index in [0.29, 0.717) is 37.5 Å². The molecule has 4 aliphatic heterocycles. The molecule has 1 aromatic rings. The molecule has 238 valence electrons. The van der Waals surface area contributed by atoms with Gasteiger partial charge in [-0.05, 0) is 62.1 Å². The van der Waals surface area contributed by atoms with Gasteiger partial charge in [-0.2, -0.15) is 13.2 Å². The molecule has 8 nitrogen and oxygen atoms in total. The molecule has 1 aliphatic carbocycles. The van der Waals surface area contributed by atoms with Crippen molar-refractivity contribution in [3.63, 3.8) is 0 Å². The van der Waals surface area contributed by atoms with Crippen LogP contribution in [0.1, 0.15) is 62.5 Å². The molecule has 0 bridgehead atoms. The zero-order chi connectivity index (χ0) is 30.0. The van der Waals surface area contributed by atoms with Crippen LogP contribution in [0.3, 0.4) is 0 Å². The van der Waals surface area contributed by atoms with Crippen molar-refractivity contribution in [2.45, 2.75) is 75.7 Å². The lowest BCUT2D eigenvalue weighted by Crippen LogP contribution is -2.51. The van der Waals surface area contributed by atoms with Gasteiger partial charge >= 0.3 is 12.3 Å². The number of hydrogen-bond acceptors (Lipinski definition) is 6. The van der Waals surface area contributed by atoms with Crippen molar-refractivity contribution in [1.82, 2.24) is 19.6 Å². The number of halogens is 3. The number of piperidine rings is 2. The molecular formula is C32H45F3N4O4. The lowest BCUT2D eigenvalue weighted by Gasteiger charge is -2.41. The quantitative estimate of drug-likeness (QED) is 0.471. The Bertz CT molecular complexity index is 1100. The Morgan fingerprint density at radius 3 is 2.16 bits per heavy atom. The zero-order valence-corrected chi connectivity index (χ0v) is 25.0. The first-order valence-electron chi connectivity index (χ1n) is 16.1. The average molecular weight is 607 g/mol. The summed E-state index contributed by atoms with van der Waals surface area (Å²) < 4.78 is 50.0. The second-order valence-corrected chi connectivity index (χ2v) is 13.3. The minimum Gasteiger partial charge on any atom is -0.441 e. The number of benzene rings is 1. The summed E-state index contributed by atoms with van der Waals surface area (Å²) in [5.41, 5.74) is -0.263. The maximum absolute atomic E-state index is 13.3. The van der Waals surface area contributed by atoms with E-state index in [1.807, 2.05) is 4.90 Å². The summed E-state index contributed by atoms with van der Waals surface area (Å²) in [7, 11) is 0. The van der Waals surface area contributed by atoms with Crippen LogP contribution in [-0.2, 0) is 27.0 Å². The maximum atomic E-state index is 13.3. The summed E-state index contributed by atoms with van der Waals surface area (Å²) in [6.07, 6.45) is 2.66. The molecule has 1 spiro atoms. The van der Waals surface area contributed by atoms with Crippen molar-refractivity contribution in [3.8, 4) is 0 Å². The number of alkyl halides is 3. The van der Waals surface area contributed by atoms with E-state index in [0.717, 1.165) is 122 Å². The van der Waals surface area contributed by atoms with E-state index in [-0.39, 0.29) is 12.0 Å². The van der Waals surface area contributed by atoms with Crippen molar-refractivity contribution < 1.29 is 32.2 Å². The fourth-order valence-electron chi connectivity index (χ4n) is 7.83. The van der Waals surface area contributed by atoms with Gasteiger partial charge in [0.05, 0.1) is 25.3 Å². The molecule has 4 saturated heterocycles. The van der Waals surface area contributed by atoms with Crippen LogP contribution in [-0.4, -0.2) is 109 Å². The van der Waals surface area contributed by atoms with E-state index in [2.05, 4.69) is 14.7 Å². The summed E-state index contributed by atoms with van der Waals surface area (Å²) in [5.74, 6) is 0.807. The summed E-state index contributed by atoms with van der Waals surface area (Å²) >= 11 is 0. The Morgan fingerprint density at radius 2 is 1.53 bits per heavy atom. The van der Waals surface area contributed by atoms with Gasteiger partial charge in [-0.1, -0.05) is 12.1 Å². The Morgan fingerprint density at radius 1 is 0.884 bits per heavy atom. The van der Waals surface area contributed by atoms with Gasteiger partial charge in [0, 0.05) is 77.2 Å². The van der Waals surface area contributed by atoms with E-state index >= 15 is 0 Å². The molecule has 11 heteroatoms. The summed E-state index contributed by atoms with van der Waals surface area (Å²) in [4.78, 5) is 34.9. The van der Waals surface area contributed by atoms with Gasteiger partial charge in [0.25, 0.3) is 0 Å². The van der Waals surface area contributed by atoms with Crippen molar-refractivity contribution in [2.24, 2.45) is 11.8 Å². The highest BCUT2D eigenvalue weighted by atomic mass is 19.4. The molecule has 2 amide bonds. The third kappa shape index (κ3) is 7.31. The minimum atomic E-state index is -4.33. The van der Waals surface area contributed by atoms with Gasteiger partial charge in [-0.25, -0.2) is 4.79 Å². The van der Waals surface area contributed by atoms with Crippen molar-refractivity contribution in [1.29, 1.82) is 0 Å². The smallest absolute Gasteiger partial charge is 0.416 e. The van der Waals surface area contributed by atoms with E-state index in [4.69, 9.17) is 9.47 Å². The van der Waals surface area contributed by atoms with Crippen molar-refractivity contribution in [2.75, 3.05) is 65.6 Å². The van der Waals surface area contributed by atoms with Crippen LogP contribution in [0, 0.1) is 11.8 Å². The molecule has 4 heterocycles. The fraction of sp³-hybridized carbons (Fsp3) is 0.750. The molecular weight excluding hydrogens is 561 g/mol. The molecule has 0 radical (unpaired) electrons. The van der Waals surface area contributed by atoms with Crippen LogP contribution < -0.4 is 0 Å². The van der Waals surface area contributed by atoms with Gasteiger partial charge in [-0.15, -0.1) is 0 Å². The van der Waals surface area contributed by atoms with E-state index < -0.39 is 17.3 Å². The third-order valence-corrected chi connectivity index (χ3v) is 10.5. The van der Waals surface area contributed by atoms with Gasteiger partial charge in [0.15, 0.2) is 0 Å². The molecule has 0 aromatic heterocycles. The van der Waals surface area contributed by atoms with Gasteiger partial charge in [0.2, 0.25) is 5.91 Å². The minimum absolute atomic E-state index is 0.0991. The molecule has 5 aliphatic rings. The fourth-order valence-corrected chi connectivity index (χ4v) is 7.83. The maximum Gasteiger partial charge on any atom is 0.416 e. The SMILES string of the molecule is O=C1OC2(CCN(Cc3ccc(C(F)(F)F)cc3)CC2)CN1CC1CCC(C(=O)N2CCC(N3CCOCC3)CC2)CC1. The third-order valence-electron chi connectivity index (χ3n) is 10.5. The van der Waals surface area contributed by atoms with Gasteiger partial charge < -0.3 is 19.3 Å². The Labute approximate surface area is 252 Å². The predicted molar refractivity (Wildman–Crippen MR) is 154 cm³/mol. The van der Waals surface area contributed by atoms with E-state index in [1.165, 1.54) is 0 Å². The molecule has 43 heavy (non-hydrogen) atoms. The number of carbonyl (C=O) groups excluding carboxylic acids is 2. The van der Waals surface area contributed by atoms with Gasteiger partial charge in [-0.3, -0.25) is 14.6 Å². The predicted octanol–water partition coefficient (Wildman–Crippen LogP) is 4.62. The molecule has 5 fully saturated rings. The number of ether oxygens (including phenoxy) is 2. The number of morpholine rings is 1. The second-order valence-electron chi connectivity index (χ2n) is 13.3. The summed E-state index contributed by atoms with van der Waals surface area (Å²) in [6.45, 7) is 8.65. The largest absolute Gasteiger partial charge is 0.441 e. The molecule has 1 saturated carbocycles. The normalized spacial score (nSPS) is 27.9. The zero-order valence-electron chi connectivity index (χ0n) is 25.0. The lowest BCUT2D eigenvalue weighted by atomic mass is 9.80. The first kappa shape index (κ1) is 30.6. The summed E-state index contributed by atoms with van der Waals surface area (Å²) in [5, 5.41) is 0. The topological polar surface area (TPSA) is 65.6 Å². The molecule has 0 N–H and O–H groups in total. The number of hydrogen-bond donors (Lipinski definition) is 0. The van der Waals surface area contributed by atoms with Crippen LogP contribution in [0.4, 0.5) is 18.0 Å². The average Bonchev–Trinajstić information content (AvgIpc) is 3.32. The van der Waals surface area contributed by atoms with Crippen molar-refractivity contribution in [3.05, 3.63) is 35.4 Å². The number of amides is 2. The van der Waals surface area contributed by atoms with E-state index in [9.17, 15) is 22.8 Å². The Balaban J connectivity index is 0.911. The first-order chi connectivity index (χ1) is 20.7. The number of carbonyl (C=O) groups is 2. The number of nitrogens with zero attached hydrogens (tertiary/aromatic N) is 4. The highest BCUT2D eigenvalue weighted by Crippen LogP contribution is 2.37. The first-order valence-corrected chi connectivity index (χ1v) is 16.1. The second kappa shape index (κ2) is 12.9. The van der Waals surface area contributed by atoms with Crippen LogP contribution >= 0.6 is 0 Å². The van der Waals surface area contributed by atoms with Crippen LogP contribution in [0.25, 0.3) is 0 Å². The van der Waals surface area contributed by atoms with Crippen LogP contribution in [0.15, 0.2) is 24.3 Å². The molecule has 6 rings (SSSR count). The standard InChI is InChI=1S/C32H45F3N4O4/c33-32(34,35)27-7-3-24(4-8-27)21-36-15-11-31(12-16-36)23-39(30(41)43-31)22-25-1-5-26(6-2-25)29(40)38-13-9-28(10-14-38)37-17-19-42-20-18-37/h3-4,7-8,25-26,28H,1-2,5-6,9-23H2. The Hall–Kier alpha value is -2.37. The number of likely N-dealkylation sites (tertiary alicyclic amines) is 2. The van der Waals surface area contributed by atoms with E-state index in [1.54, 1.807) is 12.1 Å². The molecule has 0 atom stereocenters. The highest BCUT2D eigenvalue weighted by molar-refractivity contribution is 5.79. The highest BCUT2D eigenvalue weighted by Gasteiger charge is 2.47. The Kier molecular flexibility index (Phi) is 9.22. The molecule has 1 aromatic carbocycles. The van der Waals surface area contributed by atoms with Crippen LogP contribution in [0.2, 0.25) is 0 Å².